The van der Waals surface area contributed by atoms with Crippen molar-refractivity contribution >= 4 is 23.3 Å². The third-order valence-electron chi connectivity index (χ3n) is 3.23. The standard InChI is InChI=1S/C18H17N3O4/c19-11-13-5-1-3-7-15(13)21-17(23)12-25-18(24)14-6-2-4-8-16(14)20-9-10-22/h1-8,20,22H,9-10,12H2,(H,21,23). The zero-order chi connectivity index (χ0) is 18.1. The number of carbonyl (C=O) groups excluding carboxylic acids is 2. The van der Waals surface area contributed by atoms with Crippen LogP contribution in [0.4, 0.5) is 11.4 Å². The maximum absolute atomic E-state index is 12.2. The number of anilines is 2. The molecule has 0 aliphatic carbocycles. The molecule has 0 unspecified atom stereocenters. The van der Waals surface area contributed by atoms with E-state index in [1.165, 1.54) is 0 Å². The van der Waals surface area contributed by atoms with E-state index >= 15 is 0 Å². The first-order chi connectivity index (χ1) is 12.2. The highest BCUT2D eigenvalue weighted by molar-refractivity contribution is 5.98. The topological polar surface area (TPSA) is 111 Å². The monoisotopic (exact) mass is 339 g/mol. The van der Waals surface area contributed by atoms with E-state index in [4.69, 9.17) is 15.1 Å². The molecule has 0 saturated heterocycles. The minimum atomic E-state index is -0.662. The van der Waals surface area contributed by atoms with E-state index in [1.807, 2.05) is 6.07 Å². The second-order valence-electron chi connectivity index (χ2n) is 4.98. The number of hydrogen-bond acceptors (Lipinski definition) is 6. The van der Waals surface area contributed by atoms with E-state index in [-0.39, 0.29) is 18.7 Å². The molecule has 0 aliphatic heterocycles. The number of rotatable bonds is 7. The van der Waals surface area contributed by atoms with Gasteiger partial charge < -0.3 is 20.5 Å². The van der Waals surface area contributed by atoms with Crippen molar-refractivity contribution in [2.75, 3.05) is 30.4 Å². The predicted octanol–water partition coefficient (Wildman–Crippen LogP) is 1.76. The van der Waals surface area contributed by atoms with Gasteiger partial charge >= 0.3 is 5.97 Å². The average molecular weight is 339 g/mol. The van der Waals surface area contributed by atoms with Crippen LogP contribution in [0.15, 0.2) is 48.5 Å². The molecule has 1 amide bonds. The summed E-state index contributed by atoms with van der Waals surface area (Å²) in [5, 5.41) is 23.3. The Morgan fingerprint density at radius 3 is 2.48 bits per heavy atom. The molecule has 2 aromatic carbocycles. The zero-order valence-corrected chi connectivity index (χ0v) is 13.4. The highest BCUT2D eigenvalue weighted by Crippen LogP contribution is 2.16. The first kappa shape index (κ1) is 18.0. The van der Waals surface area contributed by atoms with Crippen LogP contribution in [0.2, 0.25) is 0 Å². The second kappa shape index (κ2) is 9.05. The number of nitrogens with zero attached hydrogens (tertiary/aromatic N) is 1. The van der Waals surface area contributed by atoms with Gasteiger partial charge in [0.25, 0.3) is 5.91 Å². The summed E-state index contributed by atoms with van der Waals surface area (Å²) in [5.41, 5.74) is 1.45. The van der Waals surface area contributed by atoms with Gasteiger partial charge in [0.15, 0.2) is 6.61 Å². The maximum atomic E-state index is 12.2. The summed E-state index contributed by atoms with van der Waals surface area (Å²) in [7, 11) is 0. The van der Waals surface area contributed by atoms with Crippen molar-refractivity contribution in [3.05, 3.63) is 59.7 Å². The van der Waals surface area contributed by atoms with Crippen LogP contribution in [0.3, 0.4) is 0 Å². The average Bonchev–Trinajstić information content (AvgIpc) is 2.65. The lowest BCUT2D eigenvalue weighted by Gasteiger charge is -2.11. The smallest absolute Gasteiger partial charge is 0.340 e. The molecule has 128 valence electrons. The number of amides is 1. The predicted molar refractivity (Wildman–Crippen MR) is 92.1 cm³/mol. The van der Waals surface area contributed by atoms with Crippen LogP contribution in [0.1, 0.15) is 15.9 Å². The fraction of sp³-hybridized carbons (Fsp3) is 0.167. The van der Waals surface area contributed by atoms with E-state index in [0.717, 1.165) is 0 Å². The lowest BCUT2D eigenvalue weighted by Crippen LogP contribution is -2.22. The molecular formula is C18H17N3O4. The summed E-state index contributed by atoms with van der Waals surface area (Å²) in [4.78, 5) is 24.1. The van der Waals surface area contributed by atoms with Gasteiger partial charge in [-0.2, -0.15) is 5.26 Å². The minimum absolute atomic E-state index is 0.0793. The van der Waals surface area contributed by atoms with Crippen molar-refractivity contribution in [2.24, 2.45) is 0 Å². The third-order valence-corrected chi connectivity index (χ3v) is 3.23. The van der Waals surface area contributed by atoms with Crippen molar-refractivity contribution in [3.8, 4) is 6.07 Å². The van der Waals surface area contributed by atoms with E-state index in [1.54, 1.807) is 48.5 Å². The molecule has 0 fully saturated rings. The first-order valence-electron chi connectivity index (χ1n) is 7.55. The number of aliphatic hydroxyl groups excluding tert-OH is 1. The SMILES string of the molecule is N#Cc1ccccc1NC(=O)COC(=O)c1ccccc1NCCO. The fourth-order valence-electron chi connectivity index (χ4n) is 2.09. The highest BCUT2D eigenvalue weighted by Gasteiger charge is 2.14. The number of nitriles is 1. The van der Waals surface area contributed by atoms with Gasteiger partial charge in [-0.05, 0) is 24.3 Å². The number of benzene rings is 2. The molecule has 0 atom stereocenters. The van der Waals surface area contributed by atoms with Gasteiger partial charge in [0.1, 0.15) is 6.07 Å². The molecule has 0 aromatic heterocycles. The number of ether oxygens (including phenoxy) is 1. The highest BCUT2D eigenvalue weighted by atomic mass is 16.5. The largest absolute Gasteiger partial charge is 0.452 e. The molecule has 0 heterocycles. The van der Waals surface area contributed by atoms with Crippen LogP contribution in [0.25, 0.3) is 0 Å². The molecule has 2 aromatic rings. The van der Waals surface area contributed by atoms with Gasteiger partial charge in [-0.15, -0.1) is 0 Å². The third kappa shape index (κ3) is 5.06. The fourth-order valence-corrected chi connectivity index (χ4v) is 2.09. The number of nitrogens with one attached hydrogen (secondary N) is 2. The molecule has 3 N–H and O–H groups in total. The molecule has 0 radical (unpaired) electrons. The Bertz CT molecular complexity index is 799. The van der Waals surface area contributed by atoms with Gasteiger partial charge in [0.05, 0.1) is 23.4 Å². The summed E-state index contributed by atoms with van der Waals surface area (Å²) in [5.74, 6) is -1.21. The van der Waals surface area contributed by atoms with Gasteiger partial charge in [-0.1, -0.05) is 24.3 Å². The van der Waals surface area contributed by atoms with Crippen molar-refractivity contribution in [2.45, 2.75) is 0 Å². The van der Waals surface area contributed by atoms with Crippen molar-refractivity contribution < 1.29 is 19.4 Å². The Morgan fingerprint density at radius 2 is 1.76 bits per heavy atom. The molecule has 0 spiro atoms. The number of para-hydroxylation sites is 2. The van der Waals surface area contributed by atoms with Crippen LogP contribution >= 0.6 is 0 Å². The van der Waals surface area contributed by atoms with Gasteiger partial charge in [-0.3, -0.25) is 4.79 Å². The molecule has 7 heteroatoms. The number of carbonyl (C=O) groups is 2. The molecule has 2 rings (SSSR count). The Kier molecular flexibility index (Phi) is 6.51. The van der Waals surface area contributed by atoms with Crippen LogP contribution < -0.4 is 10.6 Å². The van der Waals surface area contributed by atoms with Gasteiger partial charge in [-0.25, -0.2) is 4.79 Å². The summed E-state index contributed by atoms with van der Waals surface area (Å²) >= 11 is 0. The molecule has 7 nitrogen and oxygen atoms in total. The van der Waals surface area contributed by atoms with Gasteiger partial charge in [0, 0.05) is 12.2 Å². The van der Waals surface area contributed by atoms with Crippen LogP contribution in [0.5, 0.6) is 0 Å². The minimum Gasteiger partial charge on any atom is -0.452 e. The Balaban J connectivity index is 1.96. The van der Waals surface area contributed by atoms with Crippen molar-refractivity contribution in [1.29, 1.82) is 5.26 Å². The Morgan fingerprint density at radius 1 is 1.08 bits per heavy atom. The maximum Gasteiger partial charge on any atom is 0.340 e. The van der Waals surface area contributed by atoms with Crippen LogP contribution in [-0.2, 0) is 9.53 Å². The Labute approximate surface area is 144 Å². The van der Waals surface area contributed by atoms with Crippen molar-refractivity contribution in [3.63, 3.8) is 0 Å². The van der Waals surface area contributed by atoms with Crippen LogP contribution in [0, 0.1) is 11.3 Å². The first-order valence-corrected chi connectivity index (χ1v) is 7.55. The molecule has 25 heavy (non-hydrogen) atoms. The van der Waals surface area contributed by atoms with Crippen LogP contribution in [-0.4, -0.2) is 36.7 Å². The lowest BCUT2D eigenvalue weighted by molar-refractivity contribution is -0.119. The van der Waals surface area contributed by atoms with E-state index < -0.39 is 18.5 Å². The summed E-state index contributed by atoms with van der Waals surface area (Å²) in [6, 6.07) is 15.1. The quantitative estimate of drug-likeness (QED) is 0.663. The van der Waals surface area contributed by atoms with Gasteiger partial charge in [0.2, 0.25) is 0 Å². The summed E-state index contributed by atoms with van der Waals surface area (Å²) < 4.78 is 5.02. The van der Waals surface area contributed by atoms with E-state index in [9.17, 15) is 9.59 Å². The summed E-state index contributed by atoms with van der Waals surface area (Å²) in [6.07, 6.45) is 0. The molecule has 0 aliphatic rings. The van der Waals surface area contributed by atoms with E-state index in [0.29, 0.717) is 16.9 Å². The molecular weight excluding hydrogens is 322 g/mol. The number of hydrogen-bond donors (Lipinski definition) is 3. The van der Waals surface area contributed by atoms with E-state index in [2.05, 4.69) is 10.6 Å². The lowest BCUT2D eigenvalue weighted by atomic mass is 10.2. The second-order valence-corrected chi connectivity index (χ2v) is 4.98. The molecule has 0 bridgehead atoms. The summed E-state index contributed by atoms with van der Waals surface area (Å²) in [6.45, 7) is -0.271. The van der Waals surface area contributed by atoms with Crippen molar-refractivity contribution in [1.82, 2.24) is 0 Å². The number of aliphatic hydroxyl groups is 1. The molecule has 0 saturated carbocycles. The zero-order valence-electron chi connectivity index (χ0n) is 13.4. The normalized spacial score (nSPS) is 9.76. The Hall–Kier alpha value is -3.37. The number of esters is 1.